The summed E-state index contributed by atoms with van der Waals surface area (Å²) in [6.07, 6.45) is 4.84. The smallest absolute Gasteiger partial charge is 0.482 e. The Hall–Kier alpha value is -0.597. The number of aromatic nitrogens is 2. The molecule has 2 nitrogen and oxygen atoms in total. The quantitative estimate of drug-likeness (QED) is 0.260. The predicted octanol–water partition coefficient (Wildman–Crippen LogP) is 3.69. The van der Waals surface area contributed by atoms with Crippen LogP contribution in [-0.2, 0) is 52.8 Å². The number of para-hydroxylation sites is 1. The first-order chi connectivity index (χ1) is 8.45. The van der Waals surface area contributed by atoms with E-state index in [9.17, 15) is 0 Å². The van der Waals surface area contributed by atoms with Gasteiger partial charge in [0.15, 0.2) is 0 Å². The van der Waals surface area contributed by atoms with E-state index in [1.165, 1.54) is 10.8 Å². The standard InChI is InChI=1S/C15H8N2.CH3.Ir.Y/c1-2-7-13-11(5-1)12-6-3-4-8-14(12)17-10-9-16-15(13)17;;;/h1-7,9H;1H3;;/q-2;-1;+3;. The fraction of sp³-hybridized carbons (Fsp3) is 0. The largest absolute Gasteiger partial charge is 3.00 e. The SMILES string of the molecule is [CH3-].[Ir+3].[Y].[c-]1cccc2c3ccccc3c3nc[c-]n3c12. The molecule has 0 aliphatic rings. The van der Waals surface area contributed by atoms with Crippen molar-refractivity contribution in [2.45, 2.75) is 0 Å². The summed E-state index contributed by atoms with van der Waals surface area (Å²) in [6, 6.07) is 17.6. The molecule has 0 spiro atoms. The number of fused-ring (bicyclic) bond motifs is 6. The van der Waals surface area contributed by atoms with Crippen molar-refractivity contribution in [3.63, 3.8) is 0 Å². The van der Waals surface area contributed by atoms with Crippen LogP contribution in [0.25, 0.3) is 27.3 Å². The Morgan fingerprint density at radius 1 is 0.950 bits per heavy atom. The van der Waals surface area contributed by atoms with Crippen LogP contribution in [0.5, 0.6) is 0 Å². The van der Waals surface area contributed by atoms with Crippen molar-refractivity contribution in [3.05, 3.63) is 68.4 Å². The van der Waals surface area contributed by atoms with Crippen molar-refractivity contribution in [3.8, 4) is 0 Å². The molecule has 0 bridgehead atoms. The third-order valence-electron chi connectivity index (χ3n) is 3.10. The zero-order chi connectivity index (χ0) is 11.2. The van der Waals surface area contributed by atoms with Gasteiger partial charge in [-0.1, -0.05) is 35.8 Å². The summed E-state index contributed by atoms with van der Waals surface area (Å²) in [5.41, 5.74) is 1.97. The molecule has 0 N–H and O–H groups in total. The average molecular weight is 512 g/mol. The molecule has 2 heterocycles. The van der Waals surface area contributed by atoms with Crippen molar-refractivity contribution in [2.75, 3.05) is 0 Å². The van der Waals surface area contributed by atoms with E-state index in [4.69, 9.17) is 0 Å². The molecule has 0 amide bonds. The second-order valence-electron chi connectivity index (χ2n) is 4.02. The Kier molecular flexibility index (Phi) is 6.03. The summed E-state index contributed by atoms with van der Waals surface area (Å²) in [7, 11) is 0. The topological polar surface area (TPSA) is 17.3 Å². The Bertz CT molecular complexity index is 785. The van der Waals surface area contributed by atoms with Gasteiger partial charge in [-0.25, -0.2) is 6.07 Å². The van der Waals surface area contributed by atoms with Crippen LogP contribution in [0, 0.1) is 19.7 Å². The molecule has 0 atom stereocenters. The van der Waals surface area contributed by atoms with Gasteiger partial charge in [-0.15, -0.1) is 0 Å². The van der Waals surface area contributed by atoms with Gasteiger partial charge in [0.2, 0.25) is 0 Å². The average Bonchev–Trinajstić information content (AvgIpc) is 2.89. The molecule has 4 rings (SSSR count). The minimum absolute atomic E-state index is 0. The van der Waals surface area contributed by atoms with Crippen molar-refractivity contribution in [1.29, 1.82) is 0 Å². The summed E-state index contributed by atoms with van der Waals surface area (Å²) in [6.45, 7) is 0. The summed E-state index contributed by atoms with van der Waals surface area (Å²) in [5, 5.41) is 3.55. The van der Waals surface area contributed by atoms with E-state index in [-0.39, 0.29) is 60.2 Å². The number of rotatable bonds is 0. The number of hydrogen-bond acceptors (Lipinski definition) is 1. The first kappa shape index (κ1) is 17.5. The van der Waals surface area contributed by atoms with Gasteiger partial charge in [0, 0.05) is 38.4 Å². The minimum Gasteiger partial charge on any atom is -0.482 e. The van der Waals surface area contributed by atoms with Crippen LogP contribution < -0.4 is 0 Å². The van der Waals surface area contributed by atoms with Crippen LogP contribution in [0.3, 0.4) is 0 Å². The van der Waals surface area contributed by atoms with Crippen molar-refractivity contribution in [1.82, 2.24) is 9.38 Å². The van der Waals surface area contributed by atoms with Crippen LogP contribution in [0.4, 0.5) is 0 Å². The van der Waals surface area contributed by atoms with Gasteiger partial charge >= 0.3 is 20.1 Å². The zero-order valence-corrected chi connectivity index (χ0v) is 16.2. The molecule has 97 valence electrons. The summed E-state index contributed by atoms with van der Waals surface area (Å²) >= 11 is 0. The molecule has 0 saturated heterocycles. The van der Waals surface area contributed by atoms with Gasteiger partial charge in [-0.2, -0.15) is 29.1 Å². The van der Waals surface area contributed by atoms with Crippen LogP contribution in [0.15, 0.2) is 48.7 Å². The number of imidazole rings is 1. The molecule has 0 aliphatic carbocycles. The first-order valence-electron chi connectivity index (χ1n) is 5.51. The van der Waals surface area contributed by atoms with Gasteiger partial charge in [0.25, 0.3) is 0 Å². The van der Waals surface area contributed by atoms with Crippen LogP contribution in [0.1, 0.15) is 0 Å². The summed E-state index contributed by atoms with van der Waals surface area (Å²) in [4.78, 5) is 4.38. The van der Waals surface area contributed by atoms with Gasteiger partial charge in [0.1, 0.15) is 0 Å². The summed E-state index contributed by atoms with van der Waals surface area (Å²) in [5.74, 6) is 0. The number of hydrogen-bond donors (Lipinski definition) is 0. The maximum absolute atomic E-state index is 4.38. The molecule has 2 aromatic carbocycles. The maximum Gasteiger partial charge on any atom is 3.00 e. The molecule has 2 aromatic heterocycles. The fourth-order valence-electron chi connectivity index (χ4n) is 2.37. The Labute approximate surface area is 156 Å². The fourth-order valence-corrected chi connectivity index (χ4v) is 2.37. The van der Waals surface area contributed by atoms with E-state index >= 15 is 0 Å². The van der Waals surface area contributed by atoms with E-state index < -0.39 is 0 Å². The Morgan fingerprint density at radius 2 is 1.65 bits per heavy atom. The van der Waals surface area contributed by atoms with E-state index in [0.717, 1.165) is 16.6 Å². The van der Waals surface area contributed by atoms with E-state index in [2.05, 4.69) is 41.5 Å². The van der Waals surface area contributed by atoms with Crippen molar-refractivity contribution < 1.29 is 52.8 Å². The second-order valence-corrected chi connectivity index (χ2v) is 4.02. The number of benzene rings is 2. The number of pyridine rings is 1. The zero-order valence-electron chi connectivity index (χ0n) is 10.9. The van der Waals surface area contributed by atoms with Crippen molar-refractivity contribution in [2.24, 2.45) is 0 Å². The maximum atomic E-state index is 4.38. The van der Waals surface area contributed by atoms with E-state index in [1.807, 2.05) is 22.6 Å². The van der Waals surface area contributed by atoms with Gasteiger partial charge < -0.3 is 16.8 Å². The van der Waals surface area contributed by atoms with E-state index in [0.29, 0.717) is 0 Å². The van der Waals surface area contributed by atoms with Crippen LogP contribution in [-0.4, -0.2) is 9.38 Å². The minimum atomic E-state index is 0. The molecule has 0 saturated carbocycles. The van der Waals surface area contributed by atoms with Crippen LogP contribution >= 0.6 is 0 Å². The van der Waals surface area contributed by atoms with Gasteiger partial charge in [-0.3, -0.25) is 0 Å². The Balaban J connectivity index is 0.000000667. The first-order valence-corrected chi connectivity index (χ1v) is 5.51. The predicted molar refractivity (Wildman–Crippen MR) is 74.3 cm³/mol. The third-order valence-corrected chi connectivity index (χ3v) is 3.10. The second kappa shape index (κ2) is 6.91. The van der Waals surface area contributed by atoms with E-state index in [1.54, 1.807) is 6.20 Å². The molecule has 0 aliphatic heterocycles. The molecule has 1 radical (unpaired) electrons. The monoisotopic (exact) mass is 513 g/mol. The number of nitrogens with zero attached hydrogens (tertiary/aromatic N) is 2. The summed E-state index contributed by atoms with van der Waals surface area (Å²) < 4.78 is 1.97. The third kappa shape index (κ3) is 2.49. The van der Waals surface area contributed by atoms with Crippen molar-refractivity contribution >= 4 is 27.3 Å². The normalized spacial score (nSPS) is 9.80. The van der Waals surface area contributed by atoms with Crippen LogP contribution in [0.2, 0.25) is 0 Å². The molecule has 20 heavy (non-hydrogen) atoms. The van der Waals surface area contributed by atoms with Gasteiger partial charge in [0.05, 0.1) is 0 Å². The molecular formula is C16H11IrN2Y. The Morgan fingerprint density at radius 3 is 2.45 bits per heavy atom. The van der Waals surface area contributed by atoms with Gasteiger partial charge in [-0.05, 0) is 11.6 Å². The molecule has 4 heteroatoms. The molecule has 0 fully saturated rings. The molecular weight excluding hydrogens is 501 g/mol. The molecule has 4 aromatic rings. The molecule has 0 unspecified atom stereocenters.